The van der Waals surface area contributed by atoms with Crippen molar-refractivity contribution in [3.63, 3.8) is 0 Å². The van der Waals surface area contributed by atoms with Crippen LogP contribution in [0, 0.1) is 17.7 Å². The molecule has 0 aliphatic heterocycles. The number of hydrogen-bond donors (Lipinski definition) is 3. The van der Waals surface area contributed by atoms with Crippen molar-refractivity contribution in [2.45, 2.75) is 72.5 Å². The first-order valence-electron chi connectivity index (χ1n) is 12.7. The predicted molar refractivity (Wildman–Crippen MR) is 142 cm³/mol. The lowest BCUT2D eigenvalue weighted by Crippen LogP contribution is -2.19. The lowest BCUT2D eigenvalue weighted by molar-refractivity contribution is -0.139. The molecule has 1 aliphatic carbocycles. The van der Waals surface area contributed by atoms with Gasteiger partial charge in [-0.25, -0.2) is 4.39 Å². The van der Waals surface area contributed by atoms with Crippen LogP contribution in [0.2, 0.25) is 0 Å². The Hall–Kier alpha value is -2.54. The maximum atomic E-state index is 13.9. The SMILES string of the molecule is CCC1=C(C(C)C)C(/C=C/C(O)CC(O)CC(=O)O)=C(c2ccc(F)cc2)C(COC)=C(C(C)C)C1. The van der Waals surface area contributed by atoms with E-state index in [0.717, 1.165) is 35.1 Å². The largest absolute Gasteiger partial charge is 0.481 e. The number of carboxylic acid groups (broad SMARTS) is 1. The van der Waals surface area contributed by atoms with Crippen LogP contribution in [-0.4, -0.2) is 47.2 Å². The van der Waals surface area contributed by atoms with E-state index in [2.05, 4.69) is 34.6 Å². The number of hydrogen-bond acceptors (Lipinski definition) is 4. The number of aliphatic hydroxyl groups is 2. The molecule has 2 atom stereocenters. The van der Waals surface area contributed by atoms with E-state index < -0.39 is 24.6 Å². The standard InChI is InChI=1S/C30H41FO5/c1-7-20-14-26(18(2)3)27(17-36-6)30(21-8-10-22(31)11-9-21)25(29(20)19(4)5)13-12-23(32)15-24(33)16-28(34)35/h8-13,18-19,23-24,32-33H,7,14-17H2,1-6H3,(H,34,35)/b13-12+. The molecule has 5 nitrogen and oxygen atoms in total. The van der Waals surface area contributed by atoms with Crippen molar-refractivity contribution in [3.8, 4) is 0 Å². The Kier molecular flexibility index (Phi) is 11.3. The number of aliphatic carboxylic acids is 1. The molecule has 0 spiro atoms. The molecular formula is C30H41FO5. The maximum Gasteiger partial charge on any atom is 0.305 e. The molecule has 0 aromatic heterocycles. The number of halogens is 1. The molecule has 0 amide bonds. The molecule has 2 rings (SSSR count). The summed E-state index contributed by atoms with van der Waals surface area (Å²) < 4.78 is 19.6. The molecule has 0 saturated heterocycles. The van der Waals surface area contributed by atoms with E-state index in [1.54, 1.807) is 25.3 Å². The number of rotatable bonds is 12. The van der Waals surface area contributed by atoms with E-state index >= 15 is 0 Å². The summed E-state index contributed by atoms with van der Waals surface area (Å²) in [7, 11) is 1.67. The van der Waals surface area contributed by atoms with Crippen LogP contribution < -0.4 is 0 Å². The van der Waals surface area contributed by atoms with Gasteiger partial charge in [0.05, 0.1) is 25.2 Å². The summed E-state index contributed by atoms with van der Waals surface area (Å²) >= 11 is 0. The van der Waals surface area contributed by atoms with Crippen LogP contribution in [0.5, 0.6) is 0 Å². The molecule has 6 heteroatoms. The van der Waals surface area contributed by atoms with Crippen LogP contribution >= 0.6 is 0 Å². The Labute approximate surface area is 214 Å². The second kappa shape index (κ2) is 13.7. The van der Waals surface area contributed by atoms with Gasteiger partial charge in [-0.3, -0.25) is 4.79 Å². The molecule has 36 heavy (non-hydrogen) atoms. The van der Waals surface area contributed by atoms with Gasteiger partial charge in [0.15, 0.2) is 0 Å². The average Bonchev–Trinajstić information content (AvgIpc) is 2.92. The summed E-state index contributed by atoms with van der Waals surface area (Å²) in [4.78, 5) is 10.9. The first-order valence-corrected chi connectivity index (χ1v) is 12.7. The van der Waals surface area contributed by atoms with Crippen molar-refractivity contribution >= 4 is 11.5 Å². The van der Waals surface area contributed by atoms with Crippen molar-refractivity contribution in [2.24, 2.45) is 11.8 Å². The van der Waals surface area contributed by atoms with Crippen LogP contribution in [0.25, 0.3) is 5.57 Å². The van der Waals surface area contributed by atoms with Crippen LogP contribution in [0.15, 0.2) is 64.3 Å². The predicted octanol–water partition coefficient (Wildman–Crippen LogP) is 6.09. The van der Waals surface area contributed by atoms with E-state index in [9.17, 15) is 19.4 Å². The number of carboxylic acids is 1. The van der Waals surface area contributed by atoms with Crippen molar-refractivity contribution in [1.29, 1.82) is 0 Å². The number of allylic oxidation sites excluding steroid dienone is 5. The van der Waals surface area contributed by atoms with Crippen molar-refractivity contribution in [2.75, 3.05) is 13.7 Å². The zero-order valence-corrected chi connectivity index (χ0v) is 22.3. The monoisotopic (exact) mass is 500 g/mol. The van der Waals surface area contributed by atoms with Crippen molar-refractivity contribution < 1.29 is 29.2 Å². The molecule has 198 valence electrons. The van der Waals surface area contributed by atoms with Gasteiger partial charge in [-0.05, 0) is 64.7 Å². The summed E-state index contributed by atoms with van der Waals surface area (Å²) in [6.07, 6.45) is 2.48. The van der Waals surface area contributed by atoms with E-state index in [4.69, 9.17) is 9.84 Å². The third-order valence-electron chi connectivity index (χ3n) is 6.57. The minimum Gasteiger partial charge on any atom is -0.481 e. The second-order valence-corrected chi connectivity index (χ2v) is 10.0. The second-order valence-electron chi connectivity index (χ2n) is 10.0. The summed E-state index contributed by atoms with van der Waals surface area (Å²) in [6.45, 7) is 11.2. The van der Waals surface area contributed by atoms with Gasteiger partial charge in [0.25, 0.3) is 0 Å². The van der Waals surface area contributed by atoms with Gasteiger partial charge in [0.2, 0.25) is 0 Å². The molecule has 2 unspecified atom stereocenters. The Bertz CT molecular complexity index is 1030. The van der Waals surface area contributed by atoms with Crippen LogP contribution in [0.4, 0.5) is 4.39 Å². The highest BCUT2D eigenvalue weighted by atomic mass is 19.1. The molecule has 3 N–H and O–H groups in total. The Balaban J connectivity index is 2.84. The van der Waals surface area contributed by atoms with Gasteiger partial charge in [-0.1, -0.05) is 70.0 Å². The van der Waals surface area contributed by atoms with Gasteiger partial charge >= 0.3 is 5.97 Å². The molecule has 0 fully saturated rings. The van der Waals surface area contributed by atoms with Crippen LogP contribution in [0.1, 0.15) is 65.9 Å². The van der Waals surface area contributed by atoms with E-state index in [-0.39, 0.29) is 24.1 Å². The van der Waals surface area contributed by atoms with Crippen LogP contribution in [0.3, 0.4) is 0 Å². The Morgan fingerprint density at radius 2 is 1.75 bits per heavy atom. The number of methoxy groups -OCH3 is 1. The van der Waals surface area contributed by atoms with Gasteiger partial charge in [0.1, 0.15) is 5.82 Å². The normalized spacial score (nSPS) is 17.0. The molecular weight excluding hydrogens is 459 g/mol. The number of ether oxygens (including phenoxy) is 1. The van der Waals surface area contributed by atoms with Gasteiger partial charge < -0.3 is 20.1 Å². The molecule has 1 aliphatic rings. The zero-order valence-electron chi connectivity index (χ0n) is 22.3. The van der Waals surface area contributed by atoms with E-state index in [1.165, 1.54) is 28.9 Å². The highest BCUT2D eigenvalue weighted by Gasteiger charge is 2.28. The van der Waals surface area contributed by atoms with Gasteiger partial charge in [-0.2, -0.15) is 0 Å². The number of benzene rings is 1. The number of aliphatic hydroxyl groups excluding tert-OH is 2. The van der Waals surface area contributed by atoms with E-state index in [0.29, 0.717) is 6.61 Å². The summed E-state index contributed by atoms with van der Waals surface area (Å²) in [5, 5.41) is 29.5. The Morgan fingerprint density at radius 3 is 2.25 bits per heavy atom. The quantitative estimate of drug-likeness (QED) is 0.323. The summed E-state index contributed by atoms with van der Waals surface area (Å²) in [5.74, 6) is -0.985. The fourth-order valence-electron chi connectivity index (χ4n) is 4.95. The fraction of sp³-hybridized carbons (Fsp3) is 0.500. The lowest BCUT2D eigenvalue weighted by atomic mass is 9.83. The van der Waals surface area contributed by atoms with Gasteiger partial charge in [-0.15, -0.1) is 0 Å². The average molecular weight is 501 g/mol. The molecule has 0 heterocycles. The third-order valence-corrected chi connectivity index (χ3v) is 6.57. The molecule has 1 aromatic carbocycles. The number of carbonyl (C=O) groups is 1. The molecule has 0 bridgehead atoms. The third kappa shape index (κ3) is 7.73. The van der Waals surface area contributed by atoms with Crippen molar-refractivity contribution in [3.05, 3.63) is 75.7 Å². The lowest BCUT2D eigenvalue weighted by Gasteiger charge is -2.22. The molecule has 1 aromatic rings. The first kappa shape index (κ1) is 29.7. The molecule has 0 radical (unpaired) electrons. The topological polar surface area (TPSA) is 87.0 Å². The van der Waals surface area contributed by atoms with Crippen LogP contribution in [-0.2, 0) is 9.53 Å². The minimum absolute atomic E-state index is 0.0820. The summed E-state index contributed by atoms with van der Waals surface area (Å²) in [6, 6.07) is 6.44. The highest BCUT2D eigenvalue weighted by molar-refractivity contribution is 5.88. The first-order chi connectivity index (χ1) is 17.0. The maximum absolute atomic E-state index is 13.9. The van der Waals surface area contributed by atoms with E-state index in [1.807, 2.05) is 6.08 Å². The fourth-order valence-corrected chi connectivity index (χ4v) is 4.95. The summed E-state index contributed by atoms with van der Waals surface area (Å²) in [5.41, 5.74) is 7.55. The Morgan fingerprint density at radius 1 is 1.11 bits per heavy atom. The smallest absolute Gasteiger partial charge is 0.305 e. The molecule has 0 saturated carbocycles. The van der Waals surface area contributed by atoms with Crippen molar-refractivity contribution in [1.82, 2.24) is 0 Å². The highest BCUT2D eigenvalue weighted by Crippen LogP contribution is 2.44. The minimum atomic E-state index is -1.15. The zero-order chi connectivity index (χ0) is 27.0. The van der Waals surface area contributed by atoms with Gasteiger partial charge in [0, 0.05) is 13.5 Å².